The van der Waals surface area contributed by atoms with Crippen LogP contribution in [0.25, 0.3) is 0 Å². The zero-order chi connectivity index (χ0) is 26.4. The Bertz CT molecular complexity index is 882. The van der Waals surface area contributed by atoms with E-state index in [9.17, 15) is 19.2 Å². The second-order valence-electron chi connectivity index (χ2n) is 10.8. The van der Waals surface area contributed by atoms with Gasteiger partial charge in [-0.2, -0.15) is 0 Å². The molecule has 0 aliphatic rings. The van der Waals surface area contributed by atoms with Crippen LogP contribution >= 0.6 is 0 Å². The van der Waals surface area contributed by atoms with Crippen LogP contribution in [0.15, 0.2) is 24.3 Å². The number of carbonyl (C=O) groups is 4. The van der Waals surface area contributed by atoms with E-state index in [4.69, 9.17) is 10.5 Å². The van der Waals surface area contributed by atoms with Crippen LogP contribution in [0.4, 0.5) is 4.79 Å². The molecular formula is C25H40N4O5. The zero-order valence-electron chi connectivity index (χ0n) is 21.8. The van der Waals surface area contributed by atoms with Gasteiger partial charge >= 0.3 is 6.09 Å². The van der Waals surface area contributed by atoms with Crippen molar-refractivity contribution >= 4 is 23.8 Å². The Morgan fingerprint density at radius 3 is 1.94 bits per heavy atom. The van der Waals surface area contributed by atoms with Gasteiger partial charge in [-0.05, 0) is 67.9 Å². The van der Waals surface area contributed by atoms with Gasteiger partial charge in [0.2, 0.25) is 17.7 Å². The lowest BCUT2D eigenvalue weighted by Gasteiger charge is -2.38. The van der Waals surface area contributed by atoms with E-state index in [0.29, 0.717) is 5.56 Å². The molecule has 1 aromatic carbocycles. The molecule has 0 radical (unpaired) electrons. The standard InChI is InChI=1S/C25H40N4O5/c1-15(2)29(22(32)18(14-19(26)30)27-23(33)34-25(7,8)9)20(21(31)28-24(4,5)6)17-12-10-16(3)11-13-17/h10-13,15,18,20H,14H2,1-9H3,(H2,26,30)(H,27,33)(H,28,31). The SMILES string of the molecule is Cc1ccc(C(C(=O)NC(C)(C)C)N(C(=O)C(CC(N)=O)NC(=O)OC(C)(C)C)C(C)C)cc1. The number of carbonyl (C=O) groups excluding carboxylic acids is 4. The Labute approximate surface area is 202 Å². The van der Waals surface area contributed by atoms with Crippen molar-refractivity contribution in [3.05, 3.63) is 35.4 Å². The molecule has 9 heteroatoms. The summed E-state index contributed by atoms with van der Waals surface area (Å²) in [6.45, 7) is 16.0. The summed E-state index contributed by atoms with van der Waals surface area (Å²) in [6, 6.07) is 4.55. The quantitative estimate of drug-likeness (QED) is 0.531. The topological polar surface area (TPSA) is 131 Å². The molecule has 1 rings (SSSR count). The normalized spacial score (nSPS) is 13.6. The maximum absolute atomic E-state index is 13.7. The number of ether oxygens (including phenoxy) is 1. The largest absolute Gasteiger partial charge is 0.444 e. The minimum atomic E-state index is -1.30. The number of nitrogens with zero attached hydrogens (tertiary/aromatic N) is 1. The predicted molar refractivity (Wildman–Crippen MR) is 131 cm³/mol. The number of hydrogen-bond donors (Lipinski definition) is 3. The average Bonchev–Trinajstić information content (AvgIpc) is 2.62. The Balaban J connectivity index is 3.48. The van der Waals surface area contributed by atoms with Crippen molar-refractivity contribution in [1.29, 1.82) is 0 Å². The first kappa shape index (κ1) is 28.9. The van der Waals surface area contributed by atoms with Crippen molar-refractivity contribution in [1.82, 2.24) is 15.5 Å². The van der Waals surface area contributed by atoms with Crippen LogP contribution in [0.3, 0.4) is 0 Å². The maximum atomic E-state index is 13.7. The second-order valence-corrected chi connectivity index (χ2v) is 10.8. The number of nitrogens with two attached hydrogens (primary N) is 1. The van der Waals surface area contributed by atoms with Crippen LogP contribution in [0.5, 0.6) is 0 Å². The zero-order valence-corrected chi connectivity index (χ0v) is 21.8. The molecule has 0 spiro atoms. The van der Waals surface area contributed by atoms with Crippen molar-refractivity contribution in [3.8, 4) is 0 Å². The molecule has 2 unspecified atom stereocenters. The number of rotatable bonds is 8. The van der Waals surface area contributed by atoms with Gasteiger partial charge in [0.1, 0.15) is 17.7 Å². The number of aryl methyl sites for hydroxylation is 1. The van der Waals surface area contributed by atoms with E-state index in [-0.39, 0.29) is 5.91 Å². The van der Waals surface area contributed by atoms with Gasteiger partial charge < -0.3 is 26.0 Å². The third kappa shape index (κ3) is 9.41. The molecule has 0 aliphatic heterocycles. The highest BCUT2D eigenvalue weighted by Gasteiger charge is 2.39. The van der Waals surface area contributed by atoms with Gasteiger partial charge in [-0.3, -0.25) is 14.4 Å². The van der Waals surface area contributed by atoms with Gasteiger partial charge in [-0.15, -0.1) is 0 Å². The summed E-state index contributed by atoms with van der Waals surface area (Å²) in [7, 11) is 0. The van der Waals surface area contributed by atoms with Crippen molar-refractivity contribution in [2.75, 3.05) is 0 Å². The van der Waals surface area contributed by atoms with Crippen molar-refractivity contribution in [2.45, 2.75) is 98.0 Å². The molecule has 190 valence electrons. The van der Waals surface area contributed by atoms with Crippen molar-refractivity contribution in [2.24, 2.45) is 5.73 Å². The minimum absolute atomic E-state index is 0.381. The maximum Gasteiger partial charge on any atom is 0.408 e. The molecule has 4 amide bonds. The smallest absolute Gasteiger partial charge is 0.408 e. The van der Waals surface area contributed by atoms with Gasteiger partial charge in [0.15, 0.2) is 0 Å². The van der Waals surface area contributed by atoms with Crippen LogP contribution in [-0.4, -0.2) is 51.9 Å². The summed E-state index contributed by atoms with van der Waals surface area (Å²) in [6.07, 6.45) is -1.30. The lowest BCUT2D eigenvalue weighted by molar-refractivity contribution is -0.146. The minimum Gasteiger partial charge on any atom is -0.444 e. The van der Waals surface area contributed by atoms with Gasteiger partial charge in [0.25, 0.3) is 0 Å². The predicted octanol–water partition coefficient (Wildman–Crippen LogP) is 2.96. The Morgan fingerprint density at radius 1 is 1.00 bits per heavy atom. The van der Waals surface area contributed by atoms with Gasteiger partial charge in [0.05, 0.1) is 6.42 Å². The summed E-state index contributed by atoms with van der Waals surface area (Å²) in [5, 5.41) is 5.40. The lowest BCUT2D eigenvalue weighted by atomic mass is 9.98. The number of hydrogen-bond acceptors (Lipinski definition) is 5. The Morgan fingerprint density at radius 2 is 1.53 bits per heavy atom. The van der Waals surface area contributed by atoms with Gasteiger partial charge in [-0.1, -0.05) is 29.8 Å². The molecule has 2 atom stereocenters. The fourth-order valence-corrected chi connectivity index (χ4v) is 3.34. The van der Waals surface area contributed by atoms with Crippen LogP contribution in [0.1, 0.15) is 79.0 Å². The molecule has 0 heterocycles. The van der Waals surface area contributed by atoms with Crippen molar-refractivity contribution < 1.29 is 23.9 Å². The number of primary amides is 1. The van der Waals surface area contributed by atoms with Crippen LogP contribution < -0.4 is 16.4 Å². The second kappa shape index (κ2) is 11.4. The summed E-state index contributed by atoms with van der Waals surface area (Å²) >= 11 is 0. The Hall–Kier alpha value is -3.10. The van der Waals surface area contributed by atoms with Gasteiger partial charge in [-0.25, -0.2) is 4.79 Å². The molecule has 0 saturated carbocycles. The fraction of sp³-hybridized carbons (Fsp3) is 0.600. The molecule has 0 fully saturated rings. The highest BCUT2D eigenvalue weighted by molar-refractivity contribution is 5.94. The summed E-state index contributed by atoms with van der Waals surface area (Å²) in [5.74, 6) is -1.77. The van der Waals surface area contributed by atoms with E-state index in [2.05, 4.69) is 10.6 Å². The molecule has 0 bridgehead atoms. The third-order valence-electron chi connectivity index (χ3n) is 4.62. The third-order valence-corrected chi connectivity index (χ3v) is 4.62. The molecule has 34 heavy (non-hydrogen) atoms. The van der Waals surface area contributed by atoms with E-state index in [0.717, 1.165) is 5.56 Å². The number of alkyl carbamates (subject to hydrolysis) is 1. The Kier molecular flexibility index (Phi) is 9.66. The highest BCUT2D eigenvalue weighted by Crippen LogP contribution is 2.26. The highest BCUT2D eigenvalue weighted by atomic mass is 16.6. The molecule has 0 aliphatic carbocycles. The molecular weight excluding hydrogens is 436 g/mol. The summed E-state index contributed by atoms with van der Waals surface area (Å²) < 4.78 is 5.26. The molecule has 0 saturated heterocycles. The first-order valence-electron chi connectivity index (χ1n) is 11.4. The molecule has 0 aromatic heterocycles. The number of amides is 4. The molecule has 4 N–H and O–H groups in total. The fourth-order valence-electron chi connectivity index (χ4n) is 3.34. The summed E-state index contributed by atoms with van der Waals surface area (Å²) in [4.78, 5) is 52.7. The first-order valence-corrected chi connectivity index (χ1v) is 11.4. The lowest BCUT2D eigenvalue weighted by Crippen LogP contribution is -2.57. The first-order chi connectivity index (χ1) is 15.4. The average molecular weight is 477 g/mol. The number of nitrogens with one attached hydrogen (secondary N) is 2. The van der Waals surface area contributed by atoms with Crippen LogP contribution in [0.2, 0.25) is 0 Å². The van der Waals surface area contributed by atoms with Crippen LogP contribution in [0, 0.1) is 6.92 Å². The molecule has 9 nitrogen and oxygen atoms in total. The van der Waals surface area contributed by atoms with Crippen molar-refractivity contribution in [3.63, 3.8) is 0 Å². The van der Waals surface area contributed by atoms with E-state index >= 15 is 0 Å². The van der Waals surface area contributed by atoms with E-state index in [1.165, 1.54) is 4.90 Å². The molecule has 1 aromatic rings. The monoisotopic (exact) mass is 476 g/mol. The van der Waals surface area contributed by atoms with E-state index in [1.807, 2.05) is 39.8 Å². The summed E-state index contributed by atoms with van der Waals surface area (Å²) in [5.41, 5.74) is 5.62. The van der Waals surface area contributed by atoms with Gasteiger partial charge in [0, 0.05) is 11.6 Å². The van der Waals surface area contributed by atoms with E-state index < -0.39 is 53.6 Å². The van der Waals surface area contributed by atoms with E-state index in [1.54, 1.807) is 46.8 Å². The number of benzene rings is 1. The van der Waals surface area contributed by atoms with Crippen LogP contribution in [-0.2, 0) is 19.1 Å².